The van der Waals surface area contributed by atoms with E-state index in [4.69, 9.17) is 6.57 Å². The molecule has 62 heavy (non-hydrogen) atoms. The number of halogens is 3. The number of hydrogen-bond donors (Lipinski definition) is 0. The quantitative estimate of drug-likeness (QED) is 0.162. The zero-order valence-corrected chi connectivity index (χ0v) is 32.4. The molecule has 9 heteroatoms. The van der Waals surface area contributed by atoms with Crippen LogP contribution in [0, 0.1) is 40.6 Å². The Kier molecular flexibility index (Phi) is 8.70. The molecule has 2 heterocycles. The SMILES string of the molecule is [C-]#[N+]c1ccccc1-c1ccc2c(c1)c1ccccc1n2-c1cc(C#N)c(-n2c3ccccc3c3cc(-c4ccccc4C#N)ccc32)cc1-c1ccc(C(F)(F)F)cc1C#N. The number of rotatable bonds is 5. The first-order chi connectivity index (χ1) is 30.2. The summed E-state index contributed by atoms with van der Waals surface area (Å²) in [5.74, 6) is 0. The smallest absolute Gasteiger partial charge is 0.309 e. The number of hydrogen-bond acceptors (Lipinski definition) is 3. The predicted molar refractivity (Wildman–Crippen MR) is 237 cm³/mol. The van der Waals surface area contributed by atoms with Gasteiger partial charge in [-0.05, 0) is 89.0 Å². The lowest BCUT2D eigenvalue weighted by Gasteiger charge is -2.20. The number of fused-ring (bicyclic) bond motifs is 6. The molecule has 0 bridgehead atoms. The van der Waals surface area contributed by atoms with E-state index in [1.807, 2.05) is 137 Å². The van der Waals surface area contributed by atoms with Crippen LogP contribution in [0.25, 0.3) is 93.2 Å². The molecule has 10 aromatic rings. The van der Waals surface area contributed by atoms with Crippen LogP contribution in [0.1, 0.15) is 22.3 Å². The molecular weight excluding hydrogens is 778 g/mol. The van der Waals surface area contributed by atoms with Gasteiger partial charge in [-0.15, -0.1) is 0 Å². The third-order valence-electron chi connectivity index (χ3n) is 11.5. The number of nitriles is 3. The molecule has 2 aromatic heterocycles. The van der Waals surface area contributed by atoms with Crippen molar-refractivity contribution in [3.05, 3.63) is 197 Å². The topological polar surface area (TPSA) is 85.6 Å². The first-order valence-electron chi connectivity index (χ1n) is 19.5. The second-order valence-corrected chi connectivity index (χ2v) is 14.8. The summed E-state index contributed by atoms with van der Waals surface area (Å²) in [5, 5.41) is 34.9. The third kappa shape index (κ3) is 5.85. The van der Waals surface area contributed by atoms with Gasteiger partial charge in [-0.1, -0.05) is 97.1 Å². The van der Waals surface area contributed by atoms with Crippen molar-refractivity contribution < 1.29 is 13.2 Å². The largest absolute Gasteiger partial charge is 0.416 e. The van der Waals surface area contributed by atoms with E-state index in [0.29, 0.717) is 28.2 Å². The number of benzene rings is 8. The van der Waals surface area contributed by atoms with Crippen LogP contribution in [0.3, 0.4) is 0 Å². The molecule has 0 amide bonds. The molecule has 0 saturated carbocycles. The molecule has 0 atom stereocenters. The monoisotopic (exact) mass is 804 g/mol. The van der Waals surface area contributed by atoms with E-state index in [9.17, 15) is 29.0 Å². The normalized spacial score (nSPS) is 11.4. The summed E-state index contributed by atoms with van der Waals surface area (Å²) < 4.78 is 46.4. The van der Waals surface area contributed by atoms with Gasteiger partial charge in [-0.2, -0.15) is 29.0 Å². The summed E-state index contributed by atoms with van der Waals surface area (Å²) in [6.45, 7) is 7.78. The van der Waals surface area contributed by atoms with Crippen molar-refractivity contribution in [2.75, 3.05) is 0 Å². The summed E-state index contributed by atoms with van der Waals surface area (Å²) in [4.78, 5) is 3.74. The van der Waals surface area contributed by atoms with Crippen LogP contribution in [0.5, 0.6) is 0 Å². The second-order valence-electron chi connectivity index (χ2n) is 14.8. The van der Waals surface area contributed by atoms with Crippen molar-refractivity contribution in [1.82, 2.24) is 9.13 Å². The van der Waals surface area contributed by atoms with Crippen molar-refractivity contribution in [2.24, 2.45) is 0 Å². The van der Waals surface area contributed by atoms with Gasteiger partial charge in [0.05, 0.1) is 74.4 Å². The minimum absolute atomic E-state index is 0.182. The highest BCUT2D eigenvalue weighted by Gasteiger charge is 2.32. The summed E-state index contributed by atoms with van der Waals surface area (Å²) in [6, 6.07) is 55.5. The van der Waals surface area contributed by atoms with Gasteiger partial charge in [-0.3, -0.25) is 0 Å². The van der Waals surface area contributed by atoms with Gasteiger partial charge in [0.25, 0.3) is 0 Å². The standard InChI is InChI=1S/C53H27F3N6/c1-60-46-15-7-4-12-40(46)33-19-23-50-44(26-33)42-14-6-9-17-48(42)62(50)52-27-36(31-59)51(28-45(52)39-21-20-37(53(54,55)56)24-35(39)30-58)61-47-16-8-5-13-41(47)43-25-32(18-22-49(43)61)38-11-3-2-10-34(38)29-57/h2-28H. The Morgan fingerprint density at radius 2 is 0.968 bits per heavy atom. The maximum atomic E-state index is 14.1. The number of para-hydroxylation sites is 3. The van der Waals surface area contributed by atoms with Gasteiger partial charge in [0.2, 0.25) is 0 Å². The van der Waals surface area contributed by atoms with E-state index in [0.717, 1.165) is 78.0 Å². The van der Waals surface area contributed by atoms with Crippen LogP contribution >= 0.6 is 0 Å². The van der Waals surface area contributed by atoms with Crippen molar-refractivity contribution in [1.29, 1.82) is 15.8 Å². The fourth-order valence-corrected chi connectivity index (χ4v) is 8.75. The average molecular weight is 805 g/mol. The third-order valence-corrected chi connectivity index (χ3v) is 11.5. The fourth-order valence-electron chi connectivity index (χ4n) is 8.75. The van der Waals surface area contributed by atoms with E-state index in [-0.39, 0.29) is 16.7 Å². The van der Waals surface area contributed by atoms with Gasteiger partial charge < -0.3 is 9.13 Å². The van der Waals surface area contributed by atoms with Crippen LogP contribution in [-0.4, -0.2) is 9.13 Å². The van der Waals surface area contributed by atoms with E-state index in [1.54, 1.807) is 24.3 Å². The zero-order chi connectivity index (χ0) is 42.7. The summed E-state index contributed by atoms with van der Waals surface area (Å²) in [7, 11) is 0. The Morgan fingerprint density at radius 3 is 1.58 bits per heavy atom. The number of aromatic nitrogens is 2. The Balaban J connectivity index is 1.29. The van der Waals surface area contributed by atoms with Crippen LogP contribution in [0.4, 0.5) is 18.9 Å². The Hall–Kier alpha value is -8.89. The molecule has 0 unspecified atom stereocenters. The van der Waals surface area contributed by atoms with Crippen LogP contribution in [0.15, 0.2) is 164 Å². The molecule has 10 rings (SSSR count). The van der Waals surface area contributed by atoms with Gasteiger partial charge in [-0.25, -0.2) is 4.85 Å². The molecule has 0 saturated heterocycles. The zero-order valence-electron chi connectivity index (χ0n) is 32.4. The Labute approximate surface area is 352 Å². The molecule has 0 fully saturated rings. The van der Waals surface area contributed by atoms with Gasteiger partial charge in [0.1, 0.15) is 6.07 Å². The number of nitrogens with zero attached hydrogens (tertiary/aromatic N) is 6. The van der Waals surface area contributed by atoms with Crippen LogP contribution in [0.2, 0.25) is 0 Å². The molecule has 0 aliphatic rings. The molecule has 0 N–H and O–H groups in total. The van der Waals surface area contributed by atoms with Gasteiger partial charge in [0.15, 0.2) is 5.69 Å². The predicted octanol–water partition coefficient (Wildman–Crippen LogP) is 14.1. The molecule has 0 aliphatic carbocycles. The first kappa shape index (κ1) is 37.4. The molecule has 8 aromatic carbocycles. The lowest BCUT2D eigenvalue weighted by atomic mass is 9.94. The summed E-state index contributed by atoms with van der Waals surface area (Å²) in [5.41, 5.74) is 8.10. The molecule has 6 nitrogen and oxygen atoms in total. The van der Waals surface area contributed by atoms with Crippen molar-refractivity contribution in [3.63, 3.8) is 0 Å². The lowest BCUT2D eigenvalue weighted by Crippen LogP contribution is -2.07. The van der Waals surface area contributed by atoms with E-state index in [1.165, 1.54) is 6.07 Å². The van der Waals surface area contributed by atoms with Crippen LogP contribution in [-0.2, 0) is 6.18 Å². The van der Waals surface area contributed by atoms with Crippen molar-refractivity contribution in [2.45, 2.75) is 6.18 Å². The fraction of sp³-hybridized carbons (Fsp3) is 0.0189. The highest BCUT2D eigenvalue weighted by molar-refractivity contribution is 6.13. The van der Waals surface area contributed by atoms with Crippen molar-refractivity contribution in [3.8, 4) is 63.0 Å². The molecular formula is C53H27F3N6. The average Bonchev–Trinajstić information content (AvgIpc) is 3.82. The lowest BCUT2D eigenvalue weighted by molar-refractivity contribution is -0.137. The van der Waals surface area contributed by atoms with Crippen LogP contribution < -0.4 is 0 Å². The first-order valence-corrected chi connectivity index (χ1v) is 19.5. The minimum atomic E-state index is -4.69. The molecule has 0 aliphatic heterocycles. The number of alkyl halides is 3. The summed E-state index contributed by atoms with van der Waals surface area (Å²) >= 11 is 0. The Morgan fingerprint density at radius 1 is 0.435 bits per heavy atom. The van der Waals surface area contributed by atoms with Gasteiger partial charge >= 0.3 is 6.18 Å². The minimum Gasteiger partial charge on any atom is -0.309 e. The highest BCUT2D eigenvalue weighted by Crippen LogP contribution is 2.44. The maximum absolute atomic E-state index is 14.1. The van der Waals surface area contributed by atoms with E-state index < -0.39 is 11.7 Å². The van der Waals surface area contributed by atoms with Crippen molar-refractivity contribution >= 4 is 49.3 Å². The van der Waals surface area contributed by atoms with E-state index in [2.05, 4.69) is 17.0 Å². The highest BCUT2D eigenvalue weighted by atomic mass is 19.4. The van der Waals surface area contributed by atoms with Gasteiger partial charge in [0, 0.05) is 32.7 Å². The van der Waals surface area contributed by atoms with E-state index >= 15 is 0 Å². The maximum Gasteiger partial charge on any atom is 0.416 e. The molecule has 0 radical (unpaired) electrons. The molecule has 290 valence electrons. The molecule has 0 spiro atoms. The second kappa shape index (κ2) is 14.4. The summed E-state index contributed by atoms with van der Waals surface area (Å²) in [6.07, 6.45) is -4.69. The Bertz CT molecular complexity index is 3690.